The maximum Gasteiger partial charge on any atom is 0.319 e. The van der Waals surface area contributed by atoms with Crippen molar-refractivity contribution in [3.8, 4) is 0 Å². The van der Waals surface area contributed by atoms with Gasteiger partial charge in [-0.15, -0.1) is 0 Å². The summed E-state index contributed by atoms with van der Waals surface area (Å²) in [6, 6.07) is 1.72. The topological polar surface area (TPSA) is 43.4 Å². The molecule has 1 aromatic heterocycles. The van der Waals surface area contributed by atoms with Gasteiger partial charge < -0.3 is 4.74 Å². The van der Waals surface area contributed by atoms with E-state index >= 15 is 0 Å². The minimum atomic E-state index is -1.10. The molecule has 4 heteroatoms. The highest BCUT2D eigenvalue weighted by atomic mass is 32.1. The number of Topliss-reactive ketones (excluding diaryl/α,β-unsaturated/α-hetero) is 1. The second-order valence-corrected chi connectivity index (χ2v) is 4.47. The van der Waals surface area contributed by atoms with Crippen LogP contribution in [0.25, 0.3) is 0 Å². The van der Waals surface area contributed by atoms with Gasteiger partial charge in [-0.05, 0) is 32.2 Å². The van der Waals surface area contributed by atoms with E-state index in [1.165, 1.54) is 11.3 Å². The van der Waals surface area contributed by atoms with E-state index in [2.05, 4.69) is 0 Å². The number of rotatable bonds is 4. The summed E-state index contributed by atoms with van der Waals surface area (Å²) >= 11 is 1.44. The van der Waals surface area contributed by atoms with Gasteiger partial charge >= 0.3 is 5.97 Å². The SMILES string of the molecule is CCOC(=O)C(C)(C)C(=O)c1ccsc1. The lowest BCUT2D eigenvalue weighted by Gasteiger charge is -2.19. The lowest BCUT2D eigenvalue weighted by atomic mass is 9.85. The first-order chi connectivity index (χ1) is 7.00. The van der Waals surface area contributed by atoms with Gasteiger partial charge in [-0.2, -0.15) is 11.3 Å². The molecule has 0 aromatic carbocycles. The Hall–Kier alpha value is -1.16. The van der Waals surface area contributed by atoms with E-state index in [0.717, 1.165) is 0 Å². The molecule has 0 atom stereocenters. The van der Waals surface area contributed by atoms with Gasteiger partial charge in [-0.25, -0.2) is 0 Å². The maximum absolute atomic E-state index is 11.9. The van der Waals surface area contributed by atoms with E-state index in [1.807, 2.05) is 5.38 Å². The number of ether oxygens (including phenoxy) is 1. The van der Waals surface area contributed by atoms with Gasteiger partial charge in [0, 0.05) is 10.9 Å². The van der Waals surface area contributed by atoms with Crippen molar-refractivity contribution in [3.63, 3.8) is 0 Å². The molecule has 0 aliphatic rings. The second kappa shape index (κ2) is 4.57. The van der Waals surface area contributed by atoms with E-state index in [0.29, 0.717) is 12.2 Å². The molecule has 1 aromatic rings. The van der Waals surface area contributed by atoms with Crippen LogP contribution in [0.4, 0.5) is 0 Å². The van der Waals surface area contributed by atoms with Gasteiger partial charge in [0.1, 0.15) is 5.41 Å². The monoisotopic (exact) mass is 226 g/mol. The van der Waals surface area contributed by atoms with Crippen LogP contribution in [0.2, 0.25) is 0 Å². The fourth-order valence-electron chi connectivity index (χ4n) is 1.16. The van der Waals surface area contributed by atoms with Crippen molar-refractivity contribution in [2.24, 2.45) is 5.41 Å². The molecule has 0 aliphatic heterocycles. The van der Waals surface area contributed by atoms with Gasteiger partial charge in [0.15, 0.2) is 5.78 Å². The first kappa shape index (κ1) is 11.9. The molecule has 0 unspecified atom stereocenters. The number of ketones is 1. The predicted octanol–water partition coefficient (Wildman–Crippen LogP) is 2.52. The number of hydrogen-bond donors (Lipinski definition) is 0. The van der Waals surface area contributed by atoms with Crippen LogP contribution in [-0.4, -0.2) is 18.4 Å². The highest BCUT2D eigenvalue weighted by Gasteiger charge is 2.38. The number of thiophene rings is 1. The van der Waals surface area contributed by atoms with Gasteiger partial charge in [-0.3, -0.25) is 9.59 Å². The Bertz CT molecular complexity index is 352. The molecule has 0 bridgehead atoms. The van der Waals surface area contributed by atoms with Gasteiger partial charge in [0.25, 0.3) is 0 Å². The molecule has 1 heterocycles. The summed E-state index contributed by atoms with van der Waals surface area (Å²) in [5, 5.41) is 3.55. The zero-order valence-corrected chi connectivity index (χ0v) is 9.89. The first-order valence-electron chi connectivity index (χ1n) is 4.74. The third-order valence-corrected chi connectivity index (χ3v) is 2.82. The molecule has 1 rings (SSSR count). The third kappa shape index (κ3) is 2.45. The third-order valence-electron chi connectivity index (χ3n) is 2.14. The summed E-state index contributed by atoms with van der Waals surface area (Å²) < 4.78 is 4.87. The molecular weight excluding hydrogens is 212 g/mol. The van der Waals surface area contributed by atoms with E-state index in [-0.39, 0.29) is 5.78 Å². The summed E-state index contributed by atoms with van der Waals surface area (Å²) in [4.78, 5) is 23.5. The Labute approximate surface area is 93.1 Å². The average molecular weight is 226 g/mol. The van der Waals surface area contributed by atoms with Crippen molar-refractivity contribution in [1.82, 2.24) is 0 Å². The van der Waals surface area contributed by atoms with Gasteiger partial charge in [0.05, 0.1) is 6.61 Å². The second-order valence-electron chi connectivity index (χ2n) is 3.69. The molecule has 0 radical (unpaired) electrons. The van der Waals surface area contributed by atoms with Crippen molar-refractivity contribution in [2.45, 2.75) is 20.8 Å². The molecule has 0 saturated carbocycles. The van der Waals surface area contributed by atoms with Crippen molar-refractivity contribution in [1.29, 1.82) is 0 Å². The zero-order chi connectivity index (χ0) is 11.5. The van der Waals surface area contributed by atoms with E-state index < -0.39 is 11.4 Å². The molecule has 0 spiro atoms. The van der Waals surface area contributed by atoms with Crippen molar-refractivity contribution in [3.05, 3.63) is 22.4 Å². The average Bonchev–Trinajstić information content (AvgIpc) is 2.69. The molecule has 15 heavy (non-hydrogen) atoms. The van der Waals surface area contributed by atoms with Crippen LogP contribution in [0.5, 0.6) is 0 Å². The van der Waals surface area contributed by atoms with Crippen LogP contribution in [0.15, 0.2) is 16.8 Å². The van der Waals surface area contributed by atoms with Crippen LogP contribution < -0.4 is 0 Å². The lowest BCUT2D eigenvalue weighted by Crippen LogP contribution is -2.35. The Morgan fingerprint density at radius 2 is 2.13 bits per heavy atom. The molecule has 0 saturated heterocycles. The number of esters is 1. The Balaban J connectivity index is 2.86. The summed E-state index contributed by atoms with van der Waals surface area (Å²) in [6.45, 7) is 5.19. The van der Waals surface area contributed by atoms with Gasteiger partial charge in [0.2, 0.25) is 0 Å². The Morgan fingerprint density at radius 1 is 1.47 bits per heavy atom. The molecule has 0 aliphatic carbocycles. The number of carbonyl (C=O) groups is 2. The molecule has 0 N–H and O–H groups in total. The lowest BCUT2D eigenvalue weighted by molar-refractivity contribution is -0.150. The van der Waals surface area contributed by atoms with E-state index in [4.69, 9.17) is 4.74 Å². The molecule has 3 nitrogen and oxygen atoms in total. The summed E-state index contributed by atoms with van der Waals surface area (Å²) in [7, 11) is 0. The van der Waals surface area contributed by atoms with E-state index in [1.54, 1.807) is 32.2 Å². The van der Waals surface area contributed by atoms with Crippen LogP contribution in [0.3, 0.4) is 0 Å². The van der Waals surface area contributed by atoms with Crippen LogP contribution >= 0.6 is 11.3 Å². The first-order valence-corrected chi connectivity index (χ1v) is 5.68. The van der Waals surface area contributed by atoms with Crippen molar-refractivity contribution >= 4 is 23.1 Å². The highest BCUT2D eigenvalue weighted by Crippen LogP contribution is 2.24. The zero-order valence-electron chi connectivity index (χ0n) is 9.07. The fraction of sp³-hybridized carbons (Fsp3) is 0.455. The normalized spacial score (nSPS) is 11.1. The van der Waals surface area contributed by atoms with Crippen LogP contribution in [-0.2, 0) is 9.53 Å². The predicted molar refractivity (Wildman–Crippen MR) is 59.1 cm³/mol. The standard InChI is InChI=1S/C11H14O3S/c1-4-14-10(13)11(2,3)9(12)8-5-6-15-7-8/h5-7H,4H2,1-3H3. The van der Waals surface area contributed by atoms with Crippen LogP contribution in [0.1, 0.15) is 31.1 Å². The Morgan fingerprint density at radius 3 is 2.60 bits per heavy atom. The number of carbonyl (C=O) groups excluding carboxylic acids is 2. The fourth-order valence-corrected chi connectivity index (χ4v) is 1.79. The maximum atomic E-state index is 11.9. The molecule has 82 valence electrons. The van der Waals surface area contributed by atoms with Crippen molar-refractivity contribution < 1.29 is 14.3 Å². The summed E-state index contributed by atoms with van der Waals surface area (Å²) in [5.74, 6) is -0.664. The molecule has 0 amide bonds. The molecular formula is C11H14O3S. The van der Waals surface area contributed by atoms with Gasteiger partial charge in [-0.1, -0.05) is 0 Å². The molecule has 0 fully saturated rings. The minimum absolute atomic E-state index is 0.192. The van der Waals surface area contributed by atoms with Crippen LogP contribution in [0, 0.1) is 5.41 Å². The Kier molecular flexibility index (Phi) is 3.63. The van der Waals surface area contributed by atoms with Crippen molar-refractivity contribution in [2.75, 3.05) is 6.61 Å². The van der Waals surface area contributed by atoms with E-state index in [9.17, 15) is 9.59 Å². The minimum Gasteiger partial charge on any atom is -0.465 e. The quantitative estimate of drug-likeness (QED) is 0.450. The number of hydrogen-bond acceptors (Lipinski definition) is 4. The summed E-state index contributed by atoms with van der Waals surface area (Å²) in [5.41, 5.74) is -0.532. The summed E-state index contributed by atoms with van der Waals surface area (Å²) in [6.07, 6.45) is 0. The highest BCUT2D eigenvalue weighted by molar-refractivity contribution is 7.08. The smallest absolute Gasteiger partial charge is 0.319 e. The largest absolute Gasteiger partial charge is 0.465 e.